The third-order valence-corrected chi connectivity index (χ3v) is 8.55. The van der Waals surface area contributed by atoms with Crippen LogP contribution < -0.4 is 0 Å². The van der Waals surface area contributed by atoms with E-state index in [0.717, 1.165) is 11.4 Å². The van der Waals surface area contributed by atoms with Crippen molar-refractivity contribution in [1.82, 2.24) is 4.98 Å². The Bertz CT molecular complexity index is 364. The van der Waals surface area contributed by atoms with Crippen molar-refractivity contribution < 1.29 is 0 Å². The molecular formula is C11H15BrClNS. The minimum atomic E-state index is -0.563. The molecular weight excluding hydrogens is 294 g/mol. The molecule has 1 fully saturated rings. The average molecular weight is 309 g/mol. The van der Waals surface area contributed by atoms with Crippen LogP contribution in [0.25, 0.3) is 0 Å². The predicted molar refractivity (Wildman–Crippen MR) is 73.2 cm³/mol. The second-order valence-corrected chi connectivity index (χ2v) is 11.6. The topological polar surface area (TPSA) is 12.9 Å². The van der Waals surface area contributed by atoms with Gasteiger partial charge in [0.25, 0.3) is 0 Å². The van der Waals surface area contributed by atoms with Crippen molar-refractivity contribution in [2.24, 2.45) is 0 Å². The van der Waals surface area contributed by atoms with Gasteiger partial charge < -0.3 is 0 Å². The first-order chi connectivity index (χ1) is 7.09. The minimum absolute atomic E-state index is 0.563. The molecule has 1 nitrogen and oxygen atoms in total. The standard InChI is InChI=1S/C11H15BrClNS/c1-9-10(4-5-11(13)14-9)8-15(12)6-2-3-7-15/h4-5H,2-3,6-8H2,1H3. The highest BCUT2D eigenvalue weighted by Gasteiger charge is 2.26. The Labute approximate surface area is 105 Å². The minimum Gasteiger partial charge on any atom is -0.241 e. The molecule has 0 amide bonds. The van der Waals surface area contributed by atoms with Gasteiger partial charge in [0.2, 0.25) is 0 Å². The lowest BCUT2D eigenvalue weighted by Gasteiger charge is -2.28. The molecule has 2 rings (SSSR count). The summed E-state index contributed by atoms with van der Waals surface area (Å²) >= 11 is 9.81. The van der Waals surface area contributed by atoms with Gasteiger partial charge in [0.15, 0.2) is 0 Å². The van der Waals surface area contributed by atoms with Crippen LogP contribution in [-0.2, 0) is 5.75 Å². The Balaban J connectivity index is 2.16. The van der Waals surface area contributed by atoms with Gasteiger partial charge in [-0.25, -0.2) is 4.98 Å². The normalized spacial score (nSPS) is 21.5. The Kier molecular flexibility index (Phi) is 3.63. The van der Waals surface area contributed by atoms with Crippen LogP contribution in [0.2, 0.25) is 5.15 Å². The molecule has 0 radical (unpaired) electrons. The van der Waals surface area contributed by atoms with Crippen LogP contribution in [0.4, 0.5) is 0 Å². The lowest BCUT2D eigenvalue weighted by Crippen LogP contribution is -2.00. The zero-order chi connectivity index (χ0) is 10.9. The van der Waals surface area contributed by atoms with Gasteiger partial charge in [-0.1, -0.05) is 17.7 Å². The lowest BCUT2D eigenvalue weighted by atomic mass is 10.2. The van der Waals surface area contributed by atoms with E-state index in [9.17, 15) is 0 Å². The number of nitrogens with zero attached hydrogens (tertiary/aromatic N) is 1. The van der Waals surface area contributed by atoms with E-state index in [1.165, 1.54) is 29.9 Å². The van der Waals surface area contributed by atoms with Crippen LogP contribution in [0.5, 0.6) is 0 Å². The van der Waals surface area contributed by atoms with Gasteiger partial charge in [-0.15, -0.1) is 0 Å². The summed E-state index contributed by atoms with van der Waals surface area (Å²) in [5.74, 6) is 3.87. The van der Waals surface area contributed by atoms with E-state index in [-0.39, 0.29) is 0 Å². The Morgan fingerprint density at radius 3 is 2.67 bits per heavy atom. The summed E-state index contributed by atoms with van der Waals surface area (Å²) in [6.07, 6.45) is 2.75. The smallest absolute Gasteiger partial charge is 0.129 e. The lowest BCUT2D eigenvalue weighted by molar-refractivity contribution is 0.949. The molecule has 4 heteroatoms. The van der Waals surface area contributed by atoms with Crippen LogP contribution in [0.15, 0.2) is 12.1 Å². The molecule has 0 atom stereocenters. The number of pyridine rings is 1. The number of hydrogen-bond acceptors (Lipinski definition) is 1. The van der Waals surface area contributed by atoms with E-state index in [1.807, 2.05) is 13.0 Å². The molecule has 84 valence electrons. The van der Waals surface area contributed by atoms with E-state index in [2.05, 4.69) is 25.9 Å². The second kappa shape index (κ2) is 4.64. The number of aryl methyl sites for hydroxylation is 1. The molecule has 0 saturated carbocycles. The van der Waals surface area contributed by atoms with Crippen LogP contribution in [0.3, 0.4) is 0 Å². The third-order valence-electron chi connectivity index (χ3n) is 2.85. The fourth-order valence-electron chi connectivity index (χ4n) is 1.96. The number of hydrogen-bond donors (Lipinski definition) is 0. The first-order valence-electron chi connectivity index (χ1n) is 5.17. The van der Waals surface area contributed by atoms with Crippen molar-refractivity contribution in [2.45, 2.75) is 25.5 Å². The van der Waals surface area contributed by atoms with Crippen molar-refractivity contribution in [3.63, 3.8) is 0 Å². The SMILES string of the molecule is Cc1nc(Cl)ccc1CS1(Br)CCCC1. The monoisotopic (exact) mass is 307 g/mol. The van der Waals surface area contributed by atoms with Crippen molar-refractivity contribution in [2.75, 3.05) is 11.5 Å². The molecule has 1 aromatic heterocycles. The fourth-order valence-corrected chi connectivity index (χ4v) is 7.06. The van der Waals surface area contributed by atoms with Gasteiger partial charge in [0.1, 0.15) is 5.15 Å². The summed E-state index contributed by atoms with van der Waals surface area (Å²) in [7, 11) is -0.563. The first kappa shape index (κ1) is 11.7. The highest BCUT2D eigenvalue weighted by Crippen LogP contribution is 2.62. The Morgan fingerprint density at radius 2 is 2.07 bits per heavy atom. The summed E-state index contributed by atoms with van der Waals surface area (Å²) in [4.78, 5) is 4.30. The number of rotatable bonds is 2. The predicted octanol–water partition coefficient (Wildman–Crippen LogP) is 4.45. The zero-order valence-electron chi connectivity index (χ0n) is 8.80. The maximum atomic E-state index is 5.85. The van der Waals surface area contributed by atoms with Crippen LogP contribution in [-0.4, -0.2) is 16.5 Å². The van der Waals surface area contributed by atoms with Crippen LogP contribution in [0.1, 0.15) is 24.1 Å². The maximum absolute atomic E-state index is 5.85. The maximum Gasteiger partial charge on any atom is 0.129 e. The van der Waals surface area contributed by atoms with Crippen molar-refractivity contribution >= 4 is 34.9 Å². The molecule has 1 aromatic rings. The first-order valence-corrected chi connectivity index (χ1v) is 9.53. The quantitative estimate of drug-likeness (QED) is 0.736. The van der Waals surface area contributed by atoms with Gasteiger partial charge in [0, 0.05) is 11.4 Å². The van der Waals surface area contributed by atoms with Crippen molar-refractivity contribution in [3.05, 3.63) is 28.5 Å². The van der Waals surface area contributed by atoms with Crippen molar-refractivity contribution in [1.29, 1.82) is 0 Å². The Morgan fingerprint density at radius 1 is 1.40 bits per heavy atom. The summed E-state index contributed by atoms with van der Waals surface area (Å²) in [6.45, 7) is 2.05. The van der Waals surface area contributed by atoms with Crippen molar-refractivity contribution in [3.8, 4) is 0 Å². The molecule has 0 aromatic carbocycles. The molecule has 0 unspecified atom stereocenters. The molecule has 1 saturated heterocycles. The molecule has 0 N–H and O–H groups in total. The summed E-state index contributed by atoms with van der Waals surface area (Å²) in [5, 5.41) is 0.598. The fraction of sp³-hybridized carbons (Fsp3) is 0.545. The highest BCUT2D eigenvalue weighted by molar-refractivity contribution is 9.58. The molecule has 1 aliphatic rings. The molecule has 0 aliphatic carbocycles. The number of halogens is 2. The van der Waals surface area contributed by atoms with E-state index < -0.39 is 8.46 Å². The highest BCUT2D eigenvalue weighted by atomic mass is 79.9. The second-order valence-electron chi connectivity index (χ2n) is 4.08. The summed E-state index contributed by atoms with van der Waals surface area (Å²) < 4.78 is 0. The van der Waals surface area contributed by atoms with Crippen LogP contribution >= 0.6 is 34.9 Å². The van der Waals surface area contributed by atoms with Gasteiger partial charge in [-0.3, -0.25) is 0 Å². The van der Waals surface area contributed by atoms with Gasteiger partial charge in [-0.05, 0) is 57.7 Å². The van der Waals surface area contributed by atoms with E-state index in [4.69, 9.17) is 11.6 Å². The summed E-state index contributed by atoms with van der Waals surface area (Å²) in [5.41, 5.74) is 2.44. The molecule has 15 heavy (non-hydrogen) atoms. The van der Waals surface area contributed by atoms with Gasteiger partial charge >= 0.3 is 0 Å². The molecule has 1 aliphatic heterocycles. The largest absolute Gasteiger partial charge is 0.241 e. The zero-order valence-corrected chi connectivity index (χ0v) is 12.0. The van der Waals surface area contributed by atoms with E-state index >= 15 is 0 Å². The van der Waals surface area contributed by atoms with E-state index in [0.29, 0.717) is 5.15 Å². The summed E-state index contributed by atoms with van der Waals surface area (Å²) in [6, 6.07) is 4.02. The molecule has 2 heterocycles. The van der Waals surface area contributed by atoms with E-state index in [1.54, 1.807) is 0 Å². The average Bonchev–Trinajstić information content (AvgIpc) is 2.58. The van der Waals surface area contributed by atoms with Gasteiger partial charge in [-0.2, -0.15) is 8.46 Å². The Hall–Kier alpha value is 0.270. The van der Waals surface area contributed by atoms with Crippen LogP contribution in [0, 0.1) is 6.92 Å². The molecule has 0 bridgehead atoms. The van der Waals surface area contributed by atoms with Gasteiger partial charge in [0.05, 0.1) is 0 Å². The number of aromatic nitrogens is 1. The third kappa shape index (κ3) is 2.89. The molecule has 0 spiro atoms.